The number of hydrogen-bond donors (Lipinski definition) is 1. The first-order valence-electron chi connectivity index (χ1n) is 7.62. The number of rotatable bonds is 6. The van der Waals surface area contributed by atoms with Crippen molar-refractivity contribution in [2.75, 3.05) is 22.7 Å². The summed E-state index contributed by atoms with van der Waals surface area (Å²) < 4.78 is 40.6. The highest BCUT2D eigenvalue weighted by Crippen LogP contribution is 2.26. The van der Waals surface area contributed by atoms with E-state index in [1.54, 1.807) is 6.07 Å². The van der Waals surface area contributed by atoms with Crippen molar-refractivity contribution in [3.05, 3.63) is 52.8 Å². The number of halogens is 2. The third-order valence-corrected chi connectivity index (χ3v) is 5.44. The molecular formula is C17H20ClFN2O2S. The normalized spacial score (nSPS) is 11.4. The number of nitrogens with one attached hydrogen (secondary N) is 1. The molecule has 2 rings (SSSR count). The van der Waals surface area contributed by atoms with E-state index in [0.29, 0.717) is 5.69 Å². The van der Waals surface area contributed by atoms with Crippen molar-refractivity contribution in [2.45, 2.75) is 25.7 Å². The van der Waals surface area contributed by atoms with E-state index >= 15 is 0 Å². The van der Waals surface area contributed by atoms with Gasteiger partial charge in [0, 0.05) is 18.8 Å². The molecule has 24 heavy (non-hydrogen) atoms. The highest BCUT2D eigenvalue weighted by atomic mass is 35.5. The van der Waals surface area contributed by atoms with Crippen LogP contribution in [0, 0.1) is 12.7 Å². The molecule has 2 aromatic rings. The van der Waals surface area contributed by atoms with Gasteiger partial charge in [-0.05, 0) is 62.7 Å². The Kier molecular flexibility index (Phi) is 5.72. The minimum Gasteiger partial charge on any atom is -0.372 e. The first-order valence-corrected chi connectivity index (χ1v) is 9.48. The standard InChI is InChI=1S/C17H20ClFN2O2S/c1-4-21(5-2)13-6-9-17(12(3)10-13)20-24(22,23)14-7-8-16(19)15(18)11-14/h6-11,20H,4-5H2,1-3H3. The molecular weight excluding hydrogens is 351 g/mol. The lowest BCUT2D eigenvalue weighted by Gasteiger charge is -2.22. The Morgan fingerprint density at radius 3 is 2.33 bits per heavy atom. The molecule has 0 saturated heterocycles. The van der Waals surface area contributed by atoms with Gasteiger partial charge in [0.2, 0.25) is 0 Å². The van der Waals surface area contributed by atoms with Crippen molar-refractivity contribution >= 4 is 33.0 Å². The van der Waals surface area contributed by atoms with Crippen LogP contribution < -0.4 is 9.62 Å². The lowest BCUT2D eigenvalue weighted by Crippen LogP contribution is -2.22. The number of hydrogen-bond acceptors (Lipinski definition) is 3. The summed E-state index contributed by atoms with van der Waals surface area (Å²) in [6.07, 6.45) is 0. The summed E-state index contributed by atoms with van der Waals surface area (Å²) in [5, 5.41) is -0.230. The van der Waals surface area contributed by atoms with E-state index in [2.05, 4.69) is 23.5 Å². The Bertz CT molecular complexity index is 836. The van der Waals surface area contributed by atoms with Gasteiger partial charge in [-0.25, -0.2) is 12.8 Å². The van der Waals surface area contributed by atoms with Gasteiger partial charge in [-0.3, -0.25) is 4.72 Å². The first kappa shape index (κ1) is 18.5. The molecule has 2 aromatic carbocycles. The van der Waals surface area contributed by atoms with Gasteiger partial charge in [0.1, 0.15) is 5.82 Å². The van der Waals surface area contributed by atoms with Crippen molar-refractivity contribution in [2.24, 2.45) is 0 Å². The van der Waals surface area contributed by atoms with Gasteiger partial charge in [0.15, 0.2) is 0 Å². The van der Waals surface area contributed by atoms with Crippen molar-refractivity contribution in [3.8, 4) is 0 Å². The number of nitrogens with zero attached hydrogens (tertiary/aromatic N) is 1. The van der Waals surface area contributed by atoms with Gasteiger partial charge in [-0.15, -0.1) is 0 Å². The Labute approximate surface area is 147 Å². The van der Waals surface area contributed by atoms with Crippen molar-refractivity contribution in [1.29, 1.82) is 0 Å². The average molecular weight is 371 g/mol. The molecule has 0 spiro atoms. The average Bonchev–Trinajstić information content (AvgIpc) is 2.53. The molecule has 0 aliphatic heterocycles. The van der Waals surface area contributed by atoms with Crippen LogP contribution in [0.3, 0.4) is 0 Å². The zero-order chi connectivity index (χ0) is 17.9. The fourth-order valence-electron chi connectivity index (χ4n) is 2.40. The molecule has 4 nitrogen and oxygen atoms in total. The zero-order valence-electron chi connectivity index (χ0n) is 13.8. The van der Waals surface area contributed by atoms with Crippen molar-refractivity contribution in [1.82, 2.24) is 0 Å². The van der Waals surface area contributed by atoms with E-state index in [1.165, 1.54) is 6.07 Å². The van der Waals surface area contributed by atoms with Crippen LogP contribution in [0.2, 0.25) is 5.02 Å². The van der Waals surface area contributed by atoms with Gasteiger partial charge in [0.25, 0.3) is 10.0 Å². The summed E-state index contributed by atoms with van der Waals surface area (Å²) in [5.41, 5.74) is 2.31. The molecule has 0 aromatic heterocycles. The van der Waals surface area contributed by atoms with Crippen LogP contribution >= 0.6 is 11.6 Å². The predicted molar refractivity (Wildman–Crippen MR) is 97.0 cm³/mol. The molecule has 0 aliphatic carbocycles. The molecule has 0 amide bonds. The molecule has 0 heterocycles. The molecule has 0 radical (unpaired) electrons. The minimum atomic E-state index is -3.83. The summed E-state index contributed by atoms with van der Waals surface area (Å²) in [6.45, 7) is 7.70. The molecule has 0 saturated carbocycles. The van der Waals surface area contributed by atoms with Gasteiger partial charge in [0.05, 0.1) is 15.6 Å². The van der Waals surface area contributed by atoms with Crippen LogP contribution in [-0.4, -0.2) is 21.5 Å². The first-order chi connectivity index (χ1) is 11.3. The summed E-state index contributed by atoms with van der Waals surface area (Å²) >= 11 is 5.67. The maximum Gasteiger partial charge on any atom is 0.261 e. The number of aryl methyl sites for hydroxylation is 1. The van der Waals surface area contributed by atoms with E-state index in [9.17, 15) is 12.8 Å². The Morgan fingerprint density at radius 1 is 1.12 bits per heavy atom. The molecule has 1 N–H and O–H groups in total. The van der Waals surface area contributed by atoms with Crippen molar-refractivity contribution in [3.63, 3.8) is 0 Å². The van der Waals surface area contributed by atoms with E-state index in [0.717, 1.165) is 36.5 Å². The molecule has 0 bridgehead atoms. The summed E-state index contributed by atoms with van der Waals surface area (Å²) in [6, 6.07) is 8.85. The third-order valence-electron chi connectivity index (χ3n) is 3.78. The van der Waals surface area contributed by atoms with Crippen molar-refractivity contribution < 1.29 is 12.8 Å². The minimum absolute atomic E-state index is 0.0823. The lowest BCUT2D eigenvalue weighted by atomic mass is 10.1. The molecule has 0 atom stereocenters. The summed E-state index contributed by atoms with van der Waals surface area (Å²) in [5.74, 6) is -0.657. The fraction of sp³-hybridized carbons (Fsp3) is 0.294. The highest BCUT2D eigenvalue weighted by molar-refractivity contribution is 7.92. The lowest BCUT2D eigenvalue weighted by molar-refractivity contribution is 0.599. The molecule has 0 aliphatic rings. The largest absolute Gasteiger partial charge is 0.372 e. The van der Waals surface area contributed by atoms with Crippen LogP contribution in [-0.2, 0) is 10.0 Å². The molecule has 130 valence electrons. The molecule has 0 fully saturated rings. The Hall–Kier alpha value is -1.79. The second-order valence-corrected chi connectivity index (χ2v) is 7.44. The summed E-state index contributed by atoms with van der Waals surface area (Å²) in [4.78, 5) is 2.09. The summed E-state index contributed by atoms with van der Waals surface area (Å²) in [7, 11) is -3.83. The predicted octanol–water partition coefficient (Wildman–Crippen LogP) is 4.43. The van der Waals surface area contributed by atoms with E-state index < -0.39 is 15.8 Å². The van der Waals surface area contributed by atoms with Gasteiger partial charge in [-0.2, -0.15) is 0 Å². The second-order valence-electron chi connectivity index (χ2n) is 5.35. The third kappa shape index (κ3) is 3.99. The Morgan fingerprint density at radius 2 is 1.79 bits per heavy atom. The maximum absolute atomic E-state index is 13.2. The van der Waals surface area contributed by atoms with Crippen LogP contribution in [0.15, 0.2) is 41.3 Å². The number of anilines is 2. The second kappa shape index (κ2) is 7.40. The smallest absolute Gasteiger partial charge is 0.261 e. The van der Waals surface area contributed by atoms with E-state index in [4.69, 9.17) is 11.6 Å². The molecule has 7 heteroatoms. The molecule has 0 unspecified atom stereocenters. The topological polar surface area (TPSA) is 49.4 Å². The van der Waals surface area contributed by atoms with Crippen LogP contribution in [0.5, 0.6) is 0 Å². The van der Waals surface area contributed by atoms with E-state index in [1.807, 2.05) is 19.1 Å². The monoisotopic (exact) mass is 370 g/mol. The van der Waals surface area contributed by atoms with Gasteiger partial charge in [-0.1, -0.05) is 11.6 Å². The van der Waals surface area contributed by atoms with Gasteiger partial charge >= 0.3 is 0 Å². The van der Waals surface area contributed by atoms with Crippen LogP contribution in [0.4, 0.5) is 15.8 Å². The van der Waals surface area contributed by atoms with Crippen LogP contribution in [0.25, 0.3) is 0 Å². The number of sulfonamides is 1. The Balaban J connectivity index is 2.31. The van der Waals surface area contributed by atoms with Crippen LogP contribution in [0.1, 0.15) is 19.4 Å². The zero-order valence-corrected chi connectivity index (χ0v) is 15.4. The van der Waals surface area contributed by atoms with E-state index in [-0.39, 0.29) is 9.92 Å². The fourth-order valence-corrected chi connectivity index (χ4v) is 3.80. The number of benzene rings is 2. The quantitative estimate of drug-likeness (QED) is 0.818. The highest BCUT2D eigenvalue weighted by Gasteiger charge is 2.17. The van der Waals surface area contributed by atoms with Gasteiger partial charge < -0.3 is 4.90 Å². The SMILES string of the molecule is CCN(CC)c1ccc(NS(=O)(=O)c2ccc(F)c(Cl)c2)c(C)c1. The maximum atomic E-state index is 13.2.